The Kier molecular flexibility index (Phi) is 2.63. The Balaban J connectivity index is 1.46. The fourth-order valence-electron chi connectivity index (χ4n) is 3.42. The van der Waals surface area contributed by atoms with Crippen molar-refractivity contribution in [3.8, 4) is 0 Å². The van der Waals surface area contributed by atoms with E-state index in [4.69, 9.17) is 4.74 Å². The minimum Gasteiger partial charge on any atom is -0.455 e. The van der Waals surface area contributed by atoms with Crippen LogP contribution in [0.5, 0.6) is 0 Å². The Labute approximate surface area is 116 Å². The average molecular weight is 277 g/mol. The van der Waals surface area contributed by atoms with Gasteiger partial charge in [0.25, 0.3) is 6.02 Å². The number of aliphatic imine (C=N–C) groups is 1. The van der Waals surface area contributed by atoms with Crippen molar-refractivity contribution in [1.29, 1.82) is 0 Å². The minimum atomic E-state index is -0.460. The van der Waals surface area contributed by atoms with E-state index >= 15 is 0 Å². The molecule has 106 valence electrons. The Bertz CT molecular complexity index is 540. The molecule has 4 aliphatic rings. The quantitative estimate of drug-likeness (QED) is 0.825. The van der Waals surface area contributed by atoms with Gasteiger partial charge >= 0.3 is 0 Å². The highest BCUT2D eigenvalue weighted by molar-refractivity contribution is 5.88. The molecule has 20 heavy (non-hydrogen) atoms. The molecule has 3 saturated heterocycles. The van der Waals surface area contributed by atoms with E-state index < -0.39 is 5.82 Å². The van der Waals surface area contributed by atoms with Crippen LogP contribution in [0.2, 0.25) is 0 Å². The maximum absolute atomic E-state index is 12.8. The summed E-state index contributed by atoms with van der Waals surface area (Å²) in [4.78, 5) is 14.6. The predicted octanol–water partition coefficient (Wildman–Crippen LogP) is 0.878. The van der Waals surface area contributed by atoms with E-state index in [1.807, 2.05) is 0 Å². The molecule has 1 spiro atoms. The van der Waals surface area contributed by atoms with Crippen molar-refractivity contribution in [1.82, 2.24) is 14.9 Å². The number of halogens is 1. The number of hydrogen-bond donors (Lipinski definition) is 1. The van der Waals surface area contributed by atoms with Crippen molar-refractivity contribution in [3.63, 3.8) is 0 Å². The van der Waals surface area contributed by atoms with E-state index in [2.05, 4.69) is 25.2 Å². The molecule has 0 unspecified atom stereocenters. The molecule has 1 aromatic rings. The van der Waals surface area contributed by atoms with E-state index in [-0.39, 0.29) is 5.60 Å². The number of aromatic nitrogens is 2. The SMILES string of the molecule is Fc1cnc(NC2=NC[C@@]3(CN4CCC3CC4)O2)nc1. The van der Waals surface area contributed by atoms with E-state index in [1.54, 1.807) is 0 Å². The molecule has 5 heterocycles. The van der Waals surface area contributed by atoms with Crippen molar-refractivity contribution in [2.45, 2.75) is 18.4 Å². The van der Waals surface area contributed by atoms with E-state index in [9.17, 15) is 4.39 Å². The van der Waals surface area contributed by atoms with Gasteiger partial charge < -0.3 is 4.74 Å². The van der Waals surface area contributed by atoms with Gasteiger partial charge in [-0.15, -0.1) is 0 Å². The molecule has 3 fully saturated rings. The molecule has 0 aromatic carbocycles. The number of piperidine rings is 3. The molecule has 0 radical (unpaired) electrons. The van der Waals surface area contributed by atoms with Gasteiger partial charge in [-0.2, -0.15) is 0 Å². The number of nitrogens with zero attached hydrogens (tertiary/aromatic N) is 4. The van der Waals surface area contributed by atoms with Crippen LogP contribution in [0.3, 0.4) is 0 Å². The molecule has 4 aliphatic heterocycles. The van der Waals surface area contributed by atoms with Gasteiger partial charge in [0.15, 0.2) is 5.82 Å². The van der Waals surface area contributed by atoms with Crippen LogP contribution in [-0.2, 0) is 4.74 Å². The molecule has 5 rings (SSSR count). The highest BCUT2D eigenvalue weighted by atomic mass is 19.1. The summed E-state index contributed by atoms with van der Waals surface area (Å²) in [5, 5.41) is 2.92. The second kappa shape index (κ2) is 4.37. The second-order valence-electron chi connectivity index (χ2n) is 5.69. The summed E-state index contributed by atoms with van der Waals surface area (Å²) in [6.07, 6.45) is 4.59. The zero-order valence-corrected chi connectivity index (χ0v) is 11.0. The van der Waals surface area contributed by atoms with Crippen LogP contribution in [0.15, 0.2) is 17.4 Å². The summed E-state index contributed by atoms with van der Waals surface area (Å²) in [6.45, 7) is 3.95. The van der Waals surface area contributed by atoms with Gasteiger partial charge in [0.05, 0.1) is 18.9 Å². The van der Waals surface area contributed by atoms with Crippen LogP contribution in [0.25, 0.3) is 0 Å². The van der Waals surface area contributed by atoms with E-state index in [0.717, 1.165) is 18.9 Å². The number of fused-ring (bicyclic) bond motifs is 2. The van der Waals surface area contributed by atoms with Gasteiger partial charge in [-0.05, 0) is 25.9 Å². The first kappa shape index (κ1) is 12.0. The first-order valence-electron chi connectivity index (χ1n) is 6.94. The third-order valence-corrected chi connectivity index (χ3v) is 4.45. The molecule has 2 bridgehead atoms. The van der Waals surface area contributed by atoms with Gasteiger partial charge in [0.2, 0.25) is 5.95 Å². The van der Waals surface area contributed by atoms with E-state index in [0.29, 0.717) is 24.4 Å². The van der Waals surface area contributed by atoms with Crippen LogP contribution in [0.1, 0.15) is 12.8 Å². The zero-order chi connectivity index (χ0) is 13.6. The first-order chi connectivity index (χ1) is 9.73. The lowest BCUT2D eigenvalue weighted by molar-refractivity contribution is -0.0829. The third kappa shape index (κ3) is 1.93. The van der Waals surface area contributed by atoms with E-state index in [1.165, 1.54) is 25.9 Å². The fraction of sp³-hybridized carbons (Fsp3) is 0.615. The lowest BCUT2D eigenvalue weighted by atomic mass is 9.75. The van der Waals surface area contributed by atoms with Crippen molar-refractivity contribution >= 4 is 12.0 Å². The monoisotopic (exact) mass is 277 g/mol. The maximum Gasteiger partial charge on any atom is 0.292 e. The number of ether oxygens (including phenoxy) is 1. The molecule has 1 atom stereocenters. The molecular formula is C13H16FN5O. The average Bonchev–Trinajstić information content (AvgIpc) is 2.85. The number of anilines is 1. The normalized spacial score (nSPS) is 35.0. The fourth-order valence-corrected chi connectivity index (χ4v) is 3.42. The number of rotatable bonds is 1. The summed E-state index contributed by atoms with van der Waals surface area (Å²) in [5.74, 6) is 0.423. The molecular weight excluding hydrogens is 261 g/mol. The topological polar surface area (TPSA) is 62.6 Å². The van der Waals surface area contributed by atoms with Gasteiger partial charge in [-0.25, -0.2) is 19.4 Å². The van der Waals surface area contributed by atoms with Crippen LogP contribution in [0, 0.1) is 11.7 Å². The molecule has 0 aliphatic carbocycles. The molecule has 0 amide bonds. The lowest BCUT2D eigenvalue weighted by Crippen LogP contribution is -2.61. The van der Waals surface area contributed by atoms with Gasteiger partial charge in [0, 0.05) is 12.5 Å². The zero-order valence-electron chi connectivity index (χ0n) is 11.0. The molecule has 6 nitrogen and oxygen atoms in total. The van der Waals surface area contributed by atoms with Crippen molar-refractivity contribution in [2.24, 2.45) is 10.9 Å². The summed E-state index contributed by atoms with van der Waals surface area (Å²) in [7, 11) is 0. The largest absolute Gasteiger partial charge is 0.455 e. The smallest absolute Gasteiger partial charge is 0.292 e. The first-order valence-corrected chi connectivity index (χ1v) is 6.94. The Morgan fingerprint density at radius 2 is 2.05 bits per heavy atom. The lowest BCUT2D eigenvalue weighted by Gasteiger charge is -2.50. The second-order valence-corrected chi connectivity index (χ2v) is 5.69. The Hall–Kier alpha value is -1.76. The van der Waals surface area contributed by atoms with Crippen molar-refractivity contribution in [3.05, 3.63) is 18.2 Å². The molecule has 1 N–H and O–H groups in total. The molecule has 7 heteroatoms. The van der Waals surface area contributed by atoms with Gasteiger partial charge in [0.1, 0.15) is 5.60 Å². The van der Waals surface area contributed by atoms with Crippen LogP contribution >= 0.6 is 0 Å². The highest BCUT2D eigenvalue weighted by Crippen LogP contribution is 2.40. The Morgan fingerprint density at radius 1 is 1.30 bits per heavy atom. The summed E-state index contributed by atoms with van der Waals surface area (Å²) in [6, 6.07) is 0.449. The molecule has 0 saturated carbocycles. The van der Waals surface area contributed by atoms with Crippen molar-refractivity contribution < 1.29 is 9.13 Å². The Morgan fingerprint density at radius 3 is 2.70 bits per heavy atom. The third-order valence-electron chi connectivity index (χ3n) is 4.45. The number of amidine groups is 1. The number of nitrogens with one attached hydrogen (secondary N) is 1. The van der Waals surface area contributed by atoms with Crippen LogP contribution < -0.4 is 5.32 Å². The summed E-state index contributed by atoms with van der Waals surface area (Å²) in [5.41, 5.74) is -0.182. The van der Waals surface area contributed by atoms with Crippen molar-refractivity contribution in [2.75, 3.05) is 31.5 Å². The standard InChI is InChI=1S/C13H16FN5O/c14-10-5-15-11(16-6-10)18-12-17-7-13(20-12)8-19-3-1-9(13)2-4-19/h5-6,9H,1-4,7-8H2,(H,15,16,17,18)/t13-/m0/s1. The van der Waals surface area contributed by atoms with Gasteiger partial charge in [-0.1, -0.05) is 0 Å². The van der Waals surface area contributed by atoms with Crippen LogP contribution in [-0.4, -0.2) is 52.7 Å². The highest BCUT2D eigenvalue weighted by Gasteiger charge is 2.51. The summed E-state index contributed by atoms with van der Waals surface area (Å²) < 4.78 is 18.8. The minimum absolute atomic E-state index is 0.182. The predicted molar refractivity (Wildman–Crippen MR) is 70.9 cm³/mol. The maximum atomic E-state index is 12.8. The molecule has 1 aromatic heterocycles. The summed E-state index contributed by atoms with van der Waals surface area (Å²) >= 11 is 0. The van der Waals surface area contributed by atoms with Gasteiger partial charge in [-0.3, -0.25) is 10.2 Å². The van der Waals surface area contributed by atoms with Crippen LogP contribution in [0.4, 0.5) is 10.3 Å². The number of hydrogen-bond acceptors (Lipinski definition) is 6.